The first-order valence-electron chi connectivity index (χ1n) is 8.81. The second-order valence-electron chi connectivity index (χ2n) is 7.24. The van der Waals surface area contributed by atoms with Crippen LogP contribution in [0.5, 0.6) is 0 Å². The van der Waals surface area contributed by atoms with E-state index < -0.39 is 0 Å². The second kappa shape index (κ2) is 8.28. The molecule has 7 heteroatoms. The van der Waals surface area contributed by atoms with Gasteiger partial charge in [0.25, 0.3) is 0 Å². The molecule has 28 heavy (non-hydrogen) atoms. The number of aromatic nitrogens is 3. The first-order chi connectivity index (χ1) is 13.4. The number of pyridine rings is 1. The van der Waals surface area contributed by atoms with Gasteiger partial charge in [-0.1, -0.05) is 50.7 Å². The van der Waals surface area contributed by atoms with E-state index in [0.29, 0.717) is 16.4 Å². The molecule has 2 heterocycles. The Kier molecular flexibility index (Phi) is 5.81. The Labute approximate surface area is 168 Å². The Morgan fingerprint density at radius 1 is 1.21 bits per heavy atom. The highest BCUT2D eigenvalue weighted by Gasteiger charge is 2.21. The molecule has 0 aliphatic rings. The van der Waals surface area contributed by atoms with Crippen LogP contribution in [0, 0.1) is 11.3 Å². The lowest BCUT2D eigenvalue weighted by molar-refractivity contribution is -0.113. The van der Waals surface area contributed by atoms with Gasteiger partial charge in [-0.2, -0.15) is 10.4 Å². The van der Waals surface area contributed by atoms with Gasteiger partial charge >= 0.3 is 0 Å². The van der Waals surface area contributed by atoms with Gasteiger partial charge in [0, 0.05) is 17.7 Å². The number of hydrogen-bond donors (Lipinski definition) is 1. The number of nitrogens with zero attached hydrogens (tertiary/aromatic N) is 4. The van der Waals surface area contributed by atoms with Crippen LogP contribution in [-0.4, -0.2) is 26.4 Å². The van der Waals surface area contributed by atoms with E-state index in [2.05, 4.69) is 37.1 Å². The van der Waals surface area contributed by atoms with Crippen molar-refractivity contribution in [2.45, 2.75) is 31.2 Å². The smallest absolute Gasteiger partial charge is 0.235 e. The maximum Gasteiger partial charge on any atom is 0.235 e. The molecule has 0 spiro atoms. The number of amides is 1. The molecular formula is C21H21N5OS. The van der Waals surface area contributed by atoms with Crippen LogP contribution in [0.3, 0.4) is 0 Å². The monoisotopic (exact) mass is 391 g/mol. The fourth-order valence-corrected chi connectivity index (χ4v) is 3.18. The van der Waals surface area contributed by atoms with Crippen molar-refractivity contribution in [2.24, 2.45) is 0 Å². The minimum absolute atomic E-state index is 0.143. The van der Waals surface area contributed by atoms with Crippen molar-refractivity contribution in [3.05, 3.63) is 66.0 Å². The molecule has 0 saturated heterocycles. The molecule has 0 unspecified atom stereocenters. The third-order valence-corrected chi connectivity index (χ3v) is 4.89. The zero-order valence-corrected chi connectivity index (χ0v) is 16.8. The Balaban J connectivity index is 1.78. The van der Waals surface area contributed by atoms with Gasteiger partial charge in [-0.3, -0.25) is 4.79 Å². The second-order valence-corrected chi connectivity index (χ2v) is 8.24. The number of rotatable bonds is 5. The molecule has 0 aliphatic carbocycles. The van der Waals surface area contributed by atoms with Crippen molar-refractivity contribution in [2.75, 3.05) is 11.1 Å². The molecule has 3 rings (SSSR count). The Morgan fingerprint density at radius 2 is 1.96 bits per heavy atom. The first kappa shape index (κ1) is 19.6. The standard InChI is InChI=1S/C21H21N5OS/c1-21(2,3)17-12-18(26(25-17)16-7-5-4-6-8-16)24-19(27)14-28-20-11-15(13-22)9-10-23-20/h4-12H,14H2,1-3H3,(H,24,27). The molecule has 0 atom stereocenters. The van der Waals surface area contributed by atoms with Crippen LogP contribution in [0.4, 0.5) is 5.82 Å². The van der Waals surface area contributed by atoms with Gasteiger partial charge in [-0.25, -0.2) is 9.67 Å². The molecule has 0 aliphatic heterocycles. The lowest BCUT2D eigenvalue weighted by atomic mass is 9.92. The summed E-state index contributed by atoms with van der Waals surface area (Å²) < 4.78 is 1.75. The zero-order chi connectivity index (χ0) is 20.1. The maximum atomic E-state index is 12.5. The number of thioether (sulfide) groups is 1. The van der Waals surface area contributed by atoms with Crippen molar-refractivity contribution in [3.63, 3.8) is 0 Å². The number of hydrogen-bond acceptors (Lipinski definition) is 5. The number of nitriles is 1. The van der Waals surface area contributed by atoms with E-state index in [9.17, 15) is 4.79 Å². The third kappa shape index (κ3) is 4.78. The van der Waals surface area contributed by atoms with Gasteiger partial charge in [0.2, 0.25) is 5.91 Å². The van der Waals surface area contributed by atoms with Crippen LogP contribution in [0.25, 0.3) is 5.69 Å². The minimum atomic E-state index is -0.160. The van der Waals surface area contributed by atoms with E-state index in [0.717, 1.165) is 11.4 Å². The van der Waals surface area contributed by atoms with E-state index in [4.69, 9.17) is 10.4 Å². The molecule has 0 fully saturated rings. The average Bonchev–Trinajstić information content (AvgIpc) is 3.11. The summed E-state index contributed by atoms with van der Waals surface area (Å²) in [5.74, 6) is 0.652. The highest BCUT2D eigenvalue weighted by Crippen LogP contribution is 2.26. The number of benzene rings is 1. The highest BCUT2D eigenvalue weighted by molar-refractivity contribution is 7.99. The van der Waals surface area contributed by atoms with Crippen molar-refractivity contribution in [1.82, 2.24) is 14.8 Å². The quantitative estimate of drug-likeness (QED) is 0.660. The fraction of sp³-hybridized carbons (Fsp3) is 0.238. The lowest BCUT2D eigenvalue weighted by Crippen LogP contribution is -2.17. The molecule has 3 aromatic rings. The predicted octanol–water partition coefficient (Wildman–Crippen LogP) is 4.17. The molecule has 0 bridgehead atoms. The minimum Gasteiger partial charge on any atom is -0.310 e. The van der Waals surface area contributed by atoms with Crippen LogP contribution in [0.2, 0.25) is 0 Å². The van der Waals surface area contributed by atoms with E-state index in [1.165, 1.54) is 11.8 Å². The van der Waals surface area contributed by atoms with E-state index in [-0.39, 0.29) is 17.1 Å². The van der Waals surface area contributed by atoms with Gasteiger partial charge in [0.05, 0.1) is 33.8 Å². The normalized spacial score (nSPS) is 11.1. The van der Waals surface area contributed by atoms with Gasteiger partial charge in [-0.15, -0.1) is 0 Å². The van der Waals surface area contributed by atoms with Crippen LogP contribution < -0.4 is 5.32 Å². The summed E-state index contributed by atoms with van der Waals surface area (Å²) in [6.07, 6.45) is 1.57. The Hall–Kier alpha value is -3.11. The molecule has 1 amide bonds. The van der Waals surface area contributed by atoms with Crippen LogP contribution in [0.1, 0.15) is 32.0 Å². The number of para-hydroxylation sites is 1. The summed E-state index contributed by atoms with van der Waals surface area (Å²) in [5, 5.41) is 17.2. The molecule has 1 aromatic carbocycles. The fourth-order valence-electron chi connectivity index (χ4n) is 2.48. The number of nitrogens with one attached hydrogen (secondary N) is 1. The molecule has 2 aromatic heterocycles. The van der Waals surface area contributed by atoms with Crippen molar-refractivity contribution < 1.29 is 4.79 Å². The summed E-state index contributed by atoms with van der Waals surface area (Å²) in [4.78, 5) is 16.7. The molecule has 142 valence electrons. The summed E-state index contributed by atoms with van der Waals surface area (Å²) in [6, 6.07) is 17.0. The van der Waals surface area contributed by atoms with Crippen LogP contribution >= 0.6 is 11.8 Å². The maximum absolute atomic E-state index is 12.5. The molecule has 0 saturated carbocycles. The van der Waals surface area contributed by atoms with Gasteiger partial charge in [-0.05, 0) is 24.3 Å². The van der Waals surface area contributed by atoms with E-state index >= 15 is 0 Å². The highest BCUT2D eigenvalue weighted by atomic mass is 32.2. The van der Waals surface area contributed by atoms with Gasteiger partial charge in [0.1, 0.15) is 5.82 Å². The average molecular weight is 392 g/mol. The van der Waals surface area contributed by atoms with Gasteiger partial charge in [0.15, 0.2) is 0 Å². The summed E-state index contributed by atoms with van der Waals surface area (Å²) >= 11 is 1.29. The largest absolute Gasteiger partial charge is 0.310 e. The molecule has 6 nitrogen and oxygen atoms in total. The third-order valence-electron chi connectivity index (χ3n) is 3.96. The summed E-state index contributed by atoms with van der Waals surface area (Å²) in [5.41, 5.74) is 2.15. The SMILES string of the molecule is CC(C)(C)c1cc(NC(=O)CSc2cc(C#N)ccn2)n(-c2ccccc2)n1. The van der Waals surface area contributed by atoms with E-state index in [1.807, 2.05) is 36.4 Å². The number of carbonyl (C=O) groups excluding carboxylic acids is 1. The number of anilines is 1. The molecule has 1 N–H and O–H groups in total. The molecule has 0 radical (unpaired) electrons. The number of carbonyl (C=O) groups is 1. The van der Waals surface area contributed by atoms with E-state index in [1.54, 1.807) is 23.0 Å². The zero-order valence-electron chi connectivity index (χ0n) is 16.0. The predicted molar refractivity (Wildman–Crippen MR) is 111 cm³/mol. The Morgan fingerprint density at radius 3 is 2.64 bits per heavy atom. The lowest BCUT2D eigenvalue weighted by Gasteiger charge is -2.14. The first-order valence-corrected chi connectivity index (χ1v) is 9.80. The van der Waals surface area contributed by atoms with Crippen LogP contribution in [-0.2, 0) is 10.2 Å². The van der Waals surface area contributed by atoms with Crippen molar-refractivity contribution in [3.8, 4) is 11.8 Å². The van der Waals surface area contributed by atoms with Gasteiger partial charge < -0.3 is 5.32 Å². The summed E-state index contributed by atoms with van der Waals surface area (Å²) in [6.45, 7) is 6.25. The van der Waals surface area contributed by atoms with Crippen molar-refractivity contribution >= 4 is 23.5 Å². The van der Waals surface area contributed by atoms with Crippen molar-refractivity contribution in [1.29, 1.82) is 5.26 Å². The Bertz CT molecular complexity index is 1020. The topological polar surface area (TPSA) is 83.6 Å². The molecular weight excluding hydrogens is 370 g/mol. The van der Waals surface area contributed by atoms with Crippen LogP contribution in [0.15, 0.2) is 59.8 Å². The summed E-state index contributed by atoms with van der Waals surface area (Å²) in [7, 11) is 0.